The fraction of sp³-hybridized carbons (Fsp3) is 0.417. The summed E-state index contributed by atoms with van der Waals surface area (Å²) in [6, 6.07) is 6.65. The molecule has 0 spiro atoms. The molecule has 0 aliphatic carbocycles. The van der Waals surface area contributed by atoms with E-state index in [9.17, 15) is 8.78 Å². The Labute approximate surface area is 147 Å². The third kappa shape index (κ3) is 10.8. The normalized spacial score (nSPS) is 8.65. The molecule has 5 heteroatoms. The molecule has 17 heavy (non-hydrogen) atoms. The molecule has 1 rings (SSSR count). The van der Waals surface area contributed by atoms with Crippen molar-refractivity contribution in [3.8, 4) is 0 Å². The molecule has 0 atom stereocenters. The first kappa shape index (κ1) is 23.3. The SMILES string of the molecule is CC.Cc1c[c-]c(SC[C-](F)F)cc1C.[W].[Y]. The van der Waals surface area contributed by atoms with Crippen molar-refractivity contribution in [3.63, 3.8) is 0 Å². The minimum Gasteiger partial charge on any atom is -0.420 e. The largest absolute Gasteiger partial charge is 0.420 e. The maximum absolute atomic E-state index is 11.8. The van der Waals surface area contributed by atoms with Crippen molar-refractivity contribution in [1.29, 1.82) is 0 Å². The number of aryl methyl sites for hydroxylation is 2. The van der Waals surface area contributed by atoms with Crippen molar-refractivity contribution < 1.29 is 62.6 Å². The molecule has 0 saturated heterocycles. The molecule has 0 unspecified atom stereocenters. The molecule has 0 nitrogen and oxygen atoms in total. The summed E-state index contributed by atoms with van der Waals surface area (Å²) in [5.41, 5.74) is 2.24. The van der Waals surface area contributed by atoms with Gasteiger partial charge in [0.2, 0.25) is 0 Å². The van der Waals surface area contributed by atoms with E-state index in [4.69, 9.17) is 0 Å². The summed E-state index contributed by atoms with van der Waals surface area (Å²) < 4.78 is 23.6. The van der Waals surface area contributed by atoms with Gasteiger partial charge in [0.05, 0.1) is 0 Å². The van der Waals surface area contributed by atoms with E-state index < -0.39 is 6.43 Å². The topological polar surface area (TPSA) is 0 Å². The number of thioether (sulfide) groups is 1. The second-order valence-corrected chi connectivity index (χ2v) is 3.81. The number of benzene rings is 1. The Hall–Kier alpha value is 1.22. The Bertz CT molecular complexity index is 296. The molecule has 1 aromatic carbocycles. The minimum atomic E-state index is -1.54. The van der Waals surface area contributed by atoms with Crippen molar-refractivity contribution in [2.75, 3.05) is 5.75 Å². The van der Waals surface area contributed by atoms with Gasteiger partial charge in [-0.1, -0.05) is 33.4 Å². The van der Waals surface area contributed by atoms with Crippen molar-refractivity contribution in [2.45, 2.75) is 32.6 Å². The van der Waals surface area contributed by atoms with Crippen LogP contribution in [0.25, 0.3) is 0 Å². The van der Waals surface area contributed by atoms with Crippen LogP contribution in [0.5, 0.6) is 0 Å². The van der Waals surface area contributed by atoms with Crippen LogP contribution in [0.3, 0.4) is 0 Å². The first-order valence-corrected chi connectivity index (χ1v) is 5.86. The van der Waals surface area contributed by atoms with Crippen LogP contribution in [0.2, 0.25) is 0 Å². The van der Waals surface area contributed by atoms with Crippen LogP contribution in [0.4, 0.5) is 8.78 Å². The number of halogens is 2. The molecule has 1 radical (unpaired) electrons. The second-order valence-electron chi connectivity index (χ2n) is 2.79. The number of rotatable bonds is 3. The molecule has 1 aromatic rings. The molecular formula is C12H16F2SWY-2. The van der Waals surface area contributed by atoms with Gasteiger partial charge in [-0.05, 0) is 0 Å². The smallest absolute Gasteiger partial charge is 0.0110 e. The summed E-state index contributed by atoms with van der Waals surface area (Å²) in [6.07, 6.45) is -1.54. The van der Waals surface area contributed by atoms with E-state index >= 15 is 0 Å². The predicted octanol–water partition coefficient (Wildman–Crippen LogP) is 4.65. The van der Waals surface area contributed by atoms with Gasteiger partial charge < -0.3 is 8.78 Å². The summed E-state index contributed by atoms with van der Waals surface area (Å²) in [5, 5.41) is 0. The zero-order valence-electron chi connectivity index (χ0n) is 10.5. The molecule has 0 N–H and O–H groups in total. The van der Waals surface area contributed by atoms with Gasteiger partial charge >= 0.3 is 0 Å². The molecule has 0 aliphatic rings. The molecule has 0 amide bonds. The van der Waals surface area contributed by atoms with Crippen molar-refractivity contribution in [3.05, 3.63) is 35.8 Å². The van der Waals surface area contributed by atoms with Gasteiger partial charge in [0.15, 0.2) is 0 Å². The summed E-state index contributed by atoms with van der Waals surface area (Å²) in [7, 11) is 0. The summed E-state index contributed by atoms with van der Waals surface area (Å²) >= 11 is 1.11. The van der Waals surface area contributed by atoms with Gasteiger partial charge in [-0.15, -0.1) is 4.90 Å². The molecule has 0 aliphatic heterocycles. The molecule has 0 saturated carbocycles. The zero-order valence-corrected chi connectivity index (χ0v) is 17.1. The molecule has 0 bridgehead atoms. The Morgan fingerprint density at radius 3 is 2.18 bits per heavy atom. The van der Waals surface area contributed by atoms with E-state index in [1.165, 1.54) is 0 Å². The third-order valence-corrected chi connectivity index (χ3v) is 2.65. The van der Waals surface area contributed by atoms with Crippen LogP contribution in [-0.4, -0.2) is 5.75 Å². The summed E-state index contributed by atoms with van der Waals surface area (Å²) in [5.74, 6) is -0.237. The van der Waals surface area contributed by atoms with Crippen LogP contribution in [-0.2, 0) is 53.8 Å². The number of hydrogen-bond acceptors (Lipinski definition) is 1. The standard InChI is InChI=1S/C10H10F2S.C2H6.W.Y/c1-7-3-4-9(5-8(7)2)13-6-10(11)12;1-2;;/h3,5H,6H2,1-2H3;1-2H3;;/q-2;;;. The maximum atomic E-state index is 11.8. The fourth-order valence-corrected chi connectivity index (χ4v) is 1.53. The summed E-state index contributed by atoms with van der Waals surface area (Å²) in [6.45, 7) is 7.94. The Morgan fingerprint density at radius 1 is 1.24 bits per heavy atom. The first-order chi connectivity index (χ1) is 7.09. The van der Waals surface area contributed by atoms with Gasteiger partial charge in [0.25, 0.3) is 0 Å². The van der Waals surface area contributed by atoms with Crippen LogP contribution in [0.1, 0.15) is 25.0 Å². The quantitative estimate of drug-likeness (QED) is 0.428. The van der Waals surface area contributed by atoms with Crippen molar-refractivity contribution >= 4 is 11.8 Å². The monoisotopic (exact) mass is 503 g/mol. The fourth-order valence-electron chi connectivity index (χ4n) is 0.861. The average Bonchev–Trinajstić information content (AvgIpc) is 2.23. The van der Waals surface area contributed by atoms with Gasteiger partial charge in [0.1, 0.15) is 0 Å². The Balaban J connectivity index is -0.000000464. The van der Waals surface area contributed by atoms with Crippen LogP contribution in [0, 0.1) is 26.3 Å². The first-order valence-electron chi connectivity index (χ1n) is 4.88. The van der Waals surface area contributed by atoms with E-state index in [0.717, 1.165) is 27.8 Å². The van der Waals surface area contributed by atoms with Gasteiger partial charge in [-0.3, -0.25) is 0 Å². The van der Waals surface area contributed by atoms with E-state index in [2.05, 4.69) is 6.07 Å². The predicted molar refractivity (Wildman–Crippen MR) is 62.3 cm³/mol. The molecule has 95 valence electrons. The van der Waals surface area contributed by atoms with Gasteiger partial charge in [-0.2, -0.15) is 41.1 Å². The zero-order chi connectivity index (χ0) is 11.8. The van der Waals surface area contributed by atoms with Crippen molar-refractivity contribution in [1.82, 2.24) is 0 Å². The Kier molecular flexibility index (Phi) is 18.7. The van der Waals surface area contributed by atoms with Crippen LogP contribution >= 0.6 is 11.8 Å². The minimum absolute atomic E-state index is 0. The van der Waals surface area contributed by atoms with E-state index in [-0.39, 0.29) is 59.5 Å². The van der Waals surface area contributed by atoms with Crippen LogP contribution in [0.15, 0.2) is 17.0 Å². The van der Waals surface area contributed by atoms with Gasteiger partial charge in [0, 0.05) is 60.2 Å². The molecule has 0 fully saturated rings. The summed E-state index contributed by atoms with van der Waals surface area (Å²) in [4.78, 5) is 0.774. The molecular weight excluding hydrogens is 487 g/mol. The van der Waals surface area contributed by atoms with Crippen LogP contribution < -0.4 is 0 Å². The average molecular weight is 503 g/mol. The van der Waals surface area contributed by atoms with E-state index in [1.807, 2.05) is 39.8 Å². The Morgan fingerprint density at radius 2 is 1.76 bits per heavy atom. The second kappa shape index (κ2) is 13.6. The third-order valence-electron chi connectivity index (χ3n) is 1.74. The maximum Gasteiger partial charge on any atom is 0.0110 e. The number of hydrogen-bond donors (Lipinski definition) is 0. The van der Waals surface area contributed by atoms with Crippen molar-refractivity contribution in [2.24, 2.45) is 0 Å². The van der Waals surface area contributed by atoms with E-state index in [1.54, 1.807) is 0 Å². The van der Waals surface area contributed by atoms with Gasteiger partial charge in [-0.25, -0.2) is 0 Å². The molecule has 0 aromatic heterocycles. The van der Waals surface area contributed by atoms with E-state index in [0.29, 0.717) is 0 Å². The molecule has 0 heterocycles.